The first-order valence-corrected chi connectivity index (χ1v) is 9.15. The van der Waals surface area contributed by atoms with Gasteiger partial charge in [-0.1, -0.05) is 31.4 Å². The standard InChI is InChI=1S/C18H22N2OS/c1-13-17(12-21)19-20(15-6-4-3-5-7-15)18(13)14-8-10-16(22-2)11-9-14/h8-12,15H,3-7H2,1-2H3. The van der Waals surface area contributed by atoms with Crippen LogP contribution in [0.5, 0.6) is 0 Å². The van der Waals surface area contributed by atoms with E-state index in [2.05, 4.69) is 40.3 Å². The van der Waals surface area contributed by atoms with Gasteiger partial charge in [-0.2, -0.15) is 5.10 Å². The van der Waals surface area contributed by atoms with Gasteiger partial charge in [-0.15, -0.1) is 11.8 Å². The second-order valence-corrected chi connectivity index (χ2v) is 6.82. The summed E-state index contributed by atoms with van der Waals surface area (Å²) in [5, 5.41) is 4.61. The molecular formula is C18H22N2OS. The zero-order chi connectivity index (χ0) is 15.5. The topological polar surface area (TPSA) is 34.9 Å². The van der Waals surface area contributed by atoms with Gasteiger partial charge in [0.1, 0.15) is 5.69 Å². The van der Waals surface area contributed by atoms with Gasteiger partial charge in [0.05, 0.1) is 11.7 Å². The van der Waals surface area contributed by atoms with Crippen LogP contribution in [0.15, 0.2) is 29.2 Å². The lowest BCUT2D eigenvalue weighted by molar-refractivity contribution is 0.111. The number of thioether (sulfide) groups is 1. The lowest BCUT2D eigenvalue weighted by Crippen LogP contribution is -2.15. The third-order valence-electron chi connectivity index (χ3n) is 4.58. The van der Waals surface area contributed by atoms with Gasteiger partial charge < -0.3 is 0 Å². The van der Waals surface area contributed by atoms with Crippen molar-refractivity contribution in [2.24, 2.45) is 0 Å². The van der Waals surface area contributed by atoms with E-state index in [1.807, 2.05) is 6.92 Å². The molecule has 0 aliphatic heterocycles. The molecule has 0 saturated heterocycles. The van der Waals surface area contributed by atoms with Gasteiger partial charge in [0.15, 0.2) is 6.29 Å². The summed E-state index contributed by atoms with van der Waals surface area (Å²) >= 11 is 1.74. The first-order chi connectivity index (χ1) is 10.7. The first kappa shape index (κ1) is 15.3. The number of hydrogen-bond acceptors (Lipinski definition) is 3. The molecule has 1 heterocycles. The molecule has 0 amide bonds. The maximum absolute atomic E-state index is 11.3. The highest BCUT2D eigenvalue weighted by Crippen LogP contribution is 2.35. The Hall–Kier alpha value is -1.55. The molecule has 22 heavy (non-hydrogen) atoms. The largest absolute Gasteiger partial charge is 0.296 e. The fourth-order valence-electron chi connectivity index (χ4n) is 3.33. The molecule has 1 aromatic carbocycles. The summed E-state index contributed by atoms with van der Waals surface area (Å²) < 4.78 is 2.12. The molecule has 1 saturated carbocycles. The Kier molecular flexibility index (Phi) is 4.67. The molecule has 1 aliphatic carbocycles. The van der Waals surface area contributed by atoms with E-state index in [-0.39, 0.29) is 0 Å². The summed E-state index contributed by atoms with van der Waals surface area (Å²) in [5.41, 5.74) is 3.84. The molecule has 1 fully saturated rings. The molecule has 0 N–H and O–H groups in total. The van der Waals surface area contributed by atoms with Gasteiger partial charge in [-0.05, 0) is 38.2 Å². The molecule has 0 bridgehead atoms. The monoisotopic (exact) mass is 314 g/mol. The van der Waals surface area contributed by atoms with Gasteiger partial charge in [0, 0.05) is 16.0 Å². The van der Waals surface area contributed by atoms with Gasteiger partial charge in [0.25, 0.3) is 0 Å². The van der Waals surface area contributed by atoms with Crippen molar-refractivity contribution in [3.63, 3.8) is 0 Å². The quantitative estimate of drug-likeness (QED) is 0.595. The van der Waals surface area contributed by atoms with Gasteiger partial charge >= 0.3 is 0 Å². The van der Waals surface area contributed by atoms with Crippen LogP contribution in [0.25, 0.3) is 11.3 Å². The number of carbonyl (C=O) groups is 1. The SMILES string of the molecule is CSc1ccc(-c2c(C)c(C=O)nn2C2CCCCC2)cc1. The average molecular weight is 314 g/mol. The number of benzene rings is 1. The van der Waals surface area contributed by atoms with Gasteiger partial charge in [-0.25, -0.2) is 0 Å². The summed E-state index contributed by atoms with van der Waals surface area (Å²) in [6.45, 7) is 2.01. The summed E-state index contributed by atoms with van der Waals surface area (Å²) in [6, 6.07) is 8.99. The first-order valence-electron chi connectivity index (χ1n) is 7.93. The minimum atomic E-state index is 0.427. The van der Waals surface area contributed by atoms with E-state index in [1.165, 1.54) is 24.2 Å². The number of aldehydes is 1. The van der Waals surface area contributed by atoms with Crippen LogP contribution in [-0.2, 0) is 0 Å². The Bertz CT molecular complexity index is 654. The van der Waals surface area contributed by atoms with E-state index >= 15 is 0 Å². The predicted molar refractivity (Wildman–Crippen MR) is 91.7 cm³/mol. The maximum atomic E-state index is 11.3. The van der Waals surface area contributed by atoms with Crippen LogP contribution in [0.2, 0.25) is 0 Å². The number of hydrogen-bond donors (Lipinski definition) is 0. The lowest BCUT2D eigenvalue weighted by Gasteiger charge is -2.24. The Morgan fingerprint density at radius 1 is 1.18 bits per heavy atom. The highest BCUT2D eigenvalue weighted by atomic mass is 32.2. The van der Waals surface area contributed by atoms with Crippen molar-refractivity contribution in [2.75, 3.05) is 6.26 Å². The molecular weight excluding hydrogens is 292 g/mol. The zero-order valence-corrected chi connectivity index (χ0v) is 14.0. The van der Waals surface area contributed by atoms with Crippen LogP contribution in [0, 0.1) is 6.92 Å². The van der Waals surface area contributed by atoms with Crippen molar-refractivity contribution < 1.29 is 4.79 Å². The van der Waals surface area contributed by atoms with Crippen molar-refractivity contribution in [3.05, 3.63) is 35.5 Å². The minimum Gasteiger partial charge on any atom is -0.296 e. The molecule has 4 heteroatoms. The highest BCUT2D eigenvalue weighted by molar-refractivity contribution is 7.98. The third kappa shape index (κ3) is 2.84. The van der Waals surface area contributed by atoms with Crippen LogP contribution in [-0.4, -0.2) is 22.3 Å². The third-order valence-corrected chi connectivity index (χ3v) is 5.32. The second-order valence-electron chi connectivity index (χ2n) is 5.94. The fourth-order valence-corrected chi connectivity index (χ4v) is 3.74. The van der Waals surface area contributed by atoms with Crippen LogP contribution in [0.4, 0.5) is 0 Å². The van der Waals surface area contributed by atoms with Gasteiger partial charge in [-0.3, -0.25) is 9.48 Å². The second kappa shape index (κ2) is 6.69. The molecule has 1 aliphatic rings. The Labute approximate surface area is 136 Å². The molecule has 0 radical (unpaired) electrons. The minimum absolute atomic E-state index is 0.427. The summed E-state index contributed by atoms with van der Waals surface area (Å²) in [6.07, 6.45) is 9.11. The smallest absolute Gasteiger partial charge is 0.170 e. The summed E-state index contributed by atoms with van der Waals surface area (Å²) in [5.74, 6) is 0. The Morgan fingerprint density at radius 2 is 1.86 bits per heavy atom. The highest BCUT2D eigenvalue weighted by Gasteiger charge is 2.23. The average Bonchev–Trinajstić information content (AvgIpc) is 2.92. The van der Waals surface area contributed by atoms with Crippen molar-refractivity contribution in [3.8, 4) is 11.3 Å². The van der Waals surface area contributed by atoms with Crippen molar-refractivity contribution in [1.82, 2.24) is 9.78 Å². The van der Waals surface area contributed by atoms with Crippen LogP contribution < -0.4 is 0 Å². The van der Waals surface area contributed by atoms with Crippen molar-refractivity contribution in [1.29, 1.82) is 0 Å². The van der Waals surface area contributed by atoms with E-state index in [9.17, 15) is 4.79 Å². The molecule has 3 nitrogen and oxygen atoms in total. The van der Waals surface area contributed by atoms with Crippen LogP contribution in [0.1, 0.15) is 54.2 Å². The number of aromatic nitrogens is 2. The molecule has 116 valence electrons. The van der Waals surface area contributed by atoms with E-state index < -0.39 is 0 Å². The zero-order valence-electron chi connectivity index (χ0n) is 13.2. The van der Waals surface area contributed by atoms with Crippen molar-refractivity contribution >= 4 is 18.0 Å². The lowest BCUT2D eigenvalue weighted by atomic mass is 9.95. The number of carbonyl (C=O) groups excluding carboxylic acids is 1. The molecule has 2 aromatic rings. The Balaban J connectivity index is 2.06. The van der Waals surface area contributed by atoms with E-state index in [4.69, 9.17) is 0 Å². The molecule has 0 spiro atoms. The number of rotatable bonds is 4. The number of nitrogens with zero attached hydrogens (tertiary/aromatic N) is 2. The van der Waals surface area contributed by atoms with Crippen LogP contribution >= 0.6 is 11.8 Å². The molecule has 1 aromatic heterocycles. The predicted octanol–water partition coefficient (Wildman–Crippen LogP) is 4.90. The maximum Gasteiger partial charge on any atom is 0.170 e. The molecule has 3 rings (SSSR count). The van der Waals surface area contributed by atoms with E-state index in [1.54, 1.807) is 11.8 Å². The molecule has 0 unspecified atom stereocenters. The Morgan fingerprint density at radius 3 is 2.45 bits per heavy atom. The van der Waals surface area contributed by atoms with Gasteiger partial charge in [0.2, 0.25) is 0 Å². The normalized spacial score (nSPS) is 15.9. The van der Waals surface area contributed by atoms with Crippen molar-refractivity contribution in [2.45, 2.75) is 50.0 Å². The van der Waals surface area contributed by atoms with Crippen LogP contribution in [0.3, 0.4) is 0 Å². The summed E-state index contributed by atoms with van der Waals surface area (Å²) in [4.78, 5) is 12.6. The fraction of sp³-hybridized carbons (Fsp3) is 0.444. The van der Waals surface area contributed by atoms with E-state index in [0.29, 0.717) is 11.7 Å². The summed E-state index contributed by atoms with van der Waals surface area (Å²) in [7, 11) is 0. The molecule has 0 atom stereocenters. The van der Waals surface area contributed by atoms with E-state index in [0.717, 1.165) is 35.9 Å².